The van der Waals surface area contributed by atoms with Gasteiger partial charge in [-0.3, -0.25) is 19.6 Å². The molecule has 21 heteroatoms. The van der Waals surface area contributed by atoms with Crippen molar-refractivity contribution in [2.75, 3.05) is 5.73 Å². The molecule has 3 fully saturated rings. The minimum Gasteiger partial charge on any atom is -0.478 e. The highest BCUT2D eigenvalue weighted by Crippen LogP contribution is 2.40. The van der Waals surface area contributed by atoms with E-state index in [1.54, 1.807) is 0 Å². The molecule has 1 aliphatic heterocycles. The molecular formula is C21H27N11O8S2. The Kier molecular flexibility index (Phi) is 7.72. The molecule has 19 nitrogen and oxygen atoms in total. The second kappa shape index (κ2) is 11.1. The molecule has 0 bridgehead atoms. The van der Waals surface area contributed by atoms with E-state index in [-0.39, 0.29) is 53.1 Å². The van der Waals surface area contributed by atoms with E-state index in [1.807, 2.05) is 0 Å². The molecule has 2 saturated carbocycles. The molecular weight excluding hydrogens is 598 g/mol. The van der Waals surface area contributed by atoms with Crippen LogP contribution in [0.2, 0.25) is 0 Å². The molecule has 226 valence electrons. The molecule has 42 heavy (non-hydrogen) atoms. The minimum absolute atomic E-state index is 0.0607. The number of hydrogen-bond donors (Lipinski definition) is 7. The highest BCUT2D eigenvalue weighted by atomic mass is 32.2. The summed E-state index contributed by atoms with van der Waals surface area (Å²) in [6.07, 6.45) is 4.80. The number of rotatable bonds is 12. The van der Waals surface area contributed by atoms with E-state index < -0.39 is 51.5 Å². The number of thiazole rings is 1. The number of carbonyl (C=O) groups excluding carboxylic acids is 2. The second-order valence-electron chi connectivity index (χ2n) is 9.92. The standard InChI is InChI=1S/C21H27N11O8S2/c22-19(26-10-2-1-3-10)24-6-11-7-25-31(29-11)8-13-15(17(34)32(13)42(37,38)39)28-16(33)14(12-9-41-20(23)27-12)30-40-21(4-5-21)18(35)36/h7,9-10,13,15H,1-6,8H2,(H2,23,27)(H,28,33)(H,35,36)(H3,22,24,26)(H,37,38,39)/b30-14-. The van der Waals surface area contributed by atoms with Crippen molar-refractivity contribution in [3.05, 3.63) is 23.0 Å². The van der Waals surface area contributed by atoms with E-state index >= 15 is 0 Å². The van der Waals surface area contributed by atoms with Gasteiger partial charge in [0.2, 0.25) is 5.60 Å². The fourth-order valence-electron chi connectivity index (χ4n) is 4.20. The van der Waals surface area contributed by atoms with Gasteiger partial charge in [-0.25, -0.2) is 14.1 Å². The van der Waals surface area contributed by atoms with Crippen LogP contribution in [0.3, 0.4) is 0 Å². The summed E-state index contributed by atoms with van der Waals surface area (Å²) >= 11 is 0.970. The number of guanidine groups is 1. The molecule has 2 amide bonds. The van der Waals surface area contributed by atoms with Crippen LogP contribution in [0, 0.1) is 5.41 Å². The van der Waals surface area contributed by atoms with Gasteiger partial charge in [0.15, 0.2) is 16.8 Å². The van der Waals surface area contributed by atoms with E-state index in [1.165, 1.54) is 11.6 Å². The van der Waals surface area contributed by atoms with Gasteiger partial charge in [0.05, 0.1) is 19.3 Å². The van der Waals surface area contributed by atoms with Crippen LogP contribution in [0.15, 0.2) is 16.7 Å². The number of β-lactam (4-membered cyclic amide) rings is 1. The molecule has 2 atom stereocenters. The first kappa shape index (κ1) is 29.1. The molecule has 1 saturated heterocycles. The van der Waals surface area contributed by atoms with Crippen molar-refractivity contribution in [1.82, 2.24) is 40.2 Å². The number of nitrogens with two attached hydrogens (primary N) is 1. The molecule has 0 aromatic carbocycles. The van der Waals surface area contributed by atoms with E-state index in [9.17, 15) is 32.5 Å². The van der Waals surface area contributed by atoms with Crippen LogP contribution in [0.4, 0.5) is 5.13 Å². The van der Waals surface area contributed by atoms with E-state index in [4.69, 9.17) is 16.0 Å². The third-order valence-corrected chi connectivity index (χ3v) is 8.55. The summed E-state index contributed by atoms with van der Waals surface area (Å²) in [6.45, 7) is -0.207. The molecule has 0 radical (unpaired) electrons. The molecule has 2 aliphatic carbocycles. The zero-order valence-electron chi connectivity index (χ0n) is 21.8. The lowest BCUT2D eigenvalue weighted by Crippen LogP contribution is -2.73. The van der Waals surface area contributed by atoms with Crippen LogP contribution < -0.4 is 21.7 Å². The summed E-state index contributed by atoms with van der Waals surface area (Å²) in [5.74, 6) is -3.31. The molecule has 0 spiro atoms. The first-order valence-corrected chi connectivity index (χ1v) is 14.9. The Balaban J connectivity index is 1.29. The van der Waals surface area contributed by atoms with Crippen LogP contribution in [-0.2, 0) is 42.6 Å². The number of aliphatic carboxylic acids is 1. The maximum absolute atomic E-state index is 13.2. The highest BCUT2D eigenvalue weighted by molar-refractivity contribution is 7.84. The van der Waals surface area contributed by atoms with Crippen molar-refractivity contribution in [3.63, 3.8) is 0 Å². The Morgan fingerprint density at radius 1 is 1.31 bits per heavy atom. The van der Waals surface area contributed by atoms with Crippen LogP contribution in [0.5, 0.6) is 0 Å². The predicted octanol–water partition coefficient (Wildman–Crippen LogP) is -1.98. The number of amides is 2. The van der Waals surface area contributed by atoms with Gasteiger partial charge in [0.25, 0.3) is 11.8 Å². The van der Waals surface area contributed by atoms with Crippen molar-refractivity contribution in [3.8, 4) is 0 Å². The Labute approximate surface area is 241 Å². The number of anilines is 1. The number of nitrogen functional groups attached to an aromatic ring is 1. The molecule has 5 rings (SSSR count). The largest absolute Gasteiger partial charge is 0.478 e. The fourth-order valence-corrected chi connectivity index (χ4v) is 5.62. The number of oxime groups is 1. The van der Waals surface area contributed by atoms with E-state index in [0.29, 0.717) is 5.69 Å². The van der Waals surface area contributed by atoms with Gasteiger partial charge in [0.1, 0.15) is 23.5 Å². The van der Waals surface area contributed by atoms with Gasteiger partial charge in [0, 0.05) is 24.3 Å². The minimum atomic E-state index is -5.01. The quantitative estimate of drug-likeness (QED) is 0.0443. The van der Waals surface area contributed by atoms with Crippen LogP contribution in [0.1, 0.15) is 43.5 Å². The van der Waals surface area contributed by atoms with Crippen molar-refractivity contribution < 1.29 is 37.3 Å². The SMILES string of the molecule is N=C(NCc1cnn(CC2C(NC(=O)/C(=N\OC3(C(=O)O)CC3)c3csc(N)n3)C(=O)N2S(=O)(=O)O)n1)NC1CCC1. The Morgan fingerprint density at radius 3 is 2.62 bits per heavy atom. The molecule has 2 aromatic heterocycles. The molecule has 2 aromatic rings. The average molecular weight is 626 g/mol. The molecule has 3 heterocycles. The Morgan fingerprint density at radius 2 is 2.05 bits per heavy atom. The lowest BCUT2D eigenvalue weighted by Gasteiger charge is -2.43. The van der Waals surface area contributed by atoms with Crippen LogP contribution >= 0.6 is 11.3 Å². The number of aromatic nitrogens is 4. The third-order valence-electron chi connectivity index (χ3n) is 6.92. The zero-order chi connectivity index (χ0) is 30.2. The Bertz CT molecular complexity index is 1550. The second-order valence-corrected chi connectivity index (χ2v) is 12.1. The summed E-state index contributed by atoms with van der Waals surface area (Å²) in [7, 11) is -5.01. The number of carboxylic acids is 1. The van der Waals surface area contributed by atoms with Gasteiger partial charge in [-0.15, -0.1) is 11.3 Å². The first-order chi connectivity index (χ1) is 19.9. The number of nitrogens with one attached hydrogen (secondary N) is 4. The van der Waals surface area contributed by atoms with Crippen LogP contribution in [0.25, 0.3) is 0 Å². The smallest absolute Gasteiger partial charge is 0.362 e. The predicted molar refractivity (Wildman–Crippen MR) is 143 cm³/mol. The lowest BCUT2D eigenvalue weighted by atomic mass is 9.93. The number of hydrogen-bond acceptors (Lipinski definition) is 13. The maximum atomic E-state index is 13.2. The summed E-state index contributed by atoms with van der Waals surface area (Å²) < 4.78 is 33.7. The van der Waals surface area contributed by atoms with Gasteiger partial charge in [-0.2, -0.15) is 23.4 Å². The normalized spacial score (nSPS) is 21.6. The van der Waals surface area contributed by atoms with Gasteiger partial charge in [-0.05, 0) is 19.3 Å². The van der Waals surface area contributed by atoms with Gasteiger partial charge >= 0.3 is 16.3 Å². The molecule has 3 aliphatic rings. The first-order valence-electron chi connectivity index (χ1n) is 12.7. The monoisotopic (exact) mass is 625 g/mol. The zero-order valence-corrected chi connectivity index (χ0v) is 23.4. The van der Waals surface area contributed by atoms with Crippen molar-refractivity contribution in [1.29, 1.82) is 5.41 Å². The average Bonchev–Trinajstić information content (AvgIpc) is 3.36. The van der Waals surface area contributed by atoms with Crippen molar-refractivity contribution >= 4 is 56.2 Å². The summed E-state index contributed by atoms with van der Waals surface area (Å²) in [6, 6.07) is -2.55. The lowest BCUT2D eigenvalue weighted by molar-refractivity contribution is -0.153. The molecule has 2 unspecified atom stereocenters. The van der Waals surface area contributed by atoms with Crippen molar-refractivity contribution in [2.24, 2.45) is 5.16 Å². The van der Waals surface area contributed by atoms with Crippen LogP contribution in [-0.4, -0.2) is 95.5 Å². The topological polar surface area (TPSA) is 280 Å². The maximum Gasteiger partial charge on any atom is 0.362 e. The number of carboxylic acid groups (broad SMARTS) is 1. The van der Waals surface area contributed by atoms with E-state index in [0.717, 1.165) is 35.4 Å². The highest BCUT2D eigenvalue weighted by Gasteiger charge is 2.56. The summed E-state index contributed by atoms with van der Waals surface area (Å²) in [5.41, 5.74) is 3.92. The number of nitrogens with zero attached hydrogens (tertiary/aromatic N) is 6. The van der Waals surface area contributed by atoms with Gasteiger partial charge in [-0.1, -0.05) is 5.16 Å². The molecule has 8 N–H and O–H groups in total. The van der Waals surface area contributed by atoms with Crippen molar-refractivity contribution in [2.45, 2.75) is 68.9 Å². The summed E-state index contributed by atoms with van der Waals surface area (Å²) in [5, 5.41) is 38.9. The third kappa shape index (κ3) is 6.11. The summed E-state index contributed by atoms with van der Waals surface area (Å²) in [4.78, 5) is 47.6. The van der Waals surface area contributed by atoms with Gasteiger partial charge < -0.3 is 31.6 Å². The van der Waals surface area contributed by atoms with E-state index in [2.05, 4.69) is 36.3 Å². The fraction of sp³-hybridized carbons (Fsp3) is 0.524. The Hall–Kier alpha value is -4.37. The number of carbonyl (C=O) groups is 3.